The Labute approximate surface area is 183 Å². The van der Waals surface area contributed by atoms with Crippen molar-refractivity contribution in [2.24, 2.45) is 0 Å². The number of carbonyl (C=O) groups excluding carboxylic acids is 2. The van der Waals surface area contributed by atoms with Crippen LogP contribution in [0.2, 0.25) is 5.02 Å². The van der Waals surface area contributed by atoms with E-state index in [0.29, 0.717) is 16.4 Å². The maximum Gasteiger partial charge on any atom is 0.573 e. The van der Waals surface area contributed by atoms with Gasteiger partial charge < -0.3 is 15.4 Å². The SMILES string of the molecule is Cc1nc(NC(=O)Nc2ccc(Cl)cc2)sc1C(=O)Nc1ccc(OC(F)(F)F)cc1. The summed E-state index contributed by atoms with van der Waals surface area (Å²) in [5, 5.41) is 8.42. The number of amides is 3. The molecule has 2 aromatic carbocycles. The number of halogens is 4. The highest BCUT2D eigenvalue weighted by Gasteiger charge is 2.31. The molecule has 31 heavy (non-hydrogen) atoms. The number of benzene rings is 2. The third kappa shape index (κ3) is 6.59. The molecule has 12 heteroatoms. The Bertz CT molecular complexity index is 1090. The second kappa shape index (κ2) is 9.23. The molecular weight excluding hydrogens is 457 g/mol. The van der Waals surface area contributed by atoms with Gasteiger partial charge in [0.25, 0.3) is 5.91 Å². The van der Waals surface area contributed by atoms with Gasteiger partial charge in [0.2, 0.25) is 0 Å². The summed E-state index contributed by atoms with van der Waals surface area (Å²) < 4.78 is 40.4. The van der Waals surface area contributed by atoms with E-state index in [9.17, 15) is 22.8 Å². The molecule has 1 aromatic heterocycles. The highest BCUT2D eigenvalue weighted by atomic mass is 35.5. The van der Waals surface area contributed by atoms with Crippen molar-refractivity contribution < 1.29 is 27.5 Å². The van der Waals surface area contributed by atoms with Crippen LogP contribution in [0.1, 0.15) is 15.4 Å². The molecule has 0 bridgehead atoms. The minimum atomic E-state index is -4.80. The topological polar surface area (TPSA) is 92.4 Å². The van der Waals surface area contributed by atoms with Crippen LogP contribution in [0.3, 0.4) is 0 Å². The van der Waals surface area contributed by atoms with Gasteiger partial charge >= 0.3 is 12.4 Å². The van der Waals surface area contributed by atoms with E-state index < -0.39 is 24.1 Å². The Morgan fingerprint density at radius 2 is 1.55 bits per heavy atom. The number of thiazole rings is 1. The monoisotopic (exact) mass is 470 g/mol. The fourth-order valence-corrected chi connectivity index (χ4v) is 3.36. The molecule has 3 aromatic rings. The summed E-state index contributed by atoms with van der Waals surface area (Å²) in [7, 11) is 0. The Morgan fingerprint density at radius 3 is 2.16 bits per heavy atom. The number of hydrogen-bond donors (Lipinski definition) is 3. The van der Waals surface area contributed by atoms with Crippen molar-refractivity contribution in [1.82, 2.24) is 4.98 Å². The molecule has 1 heterocycles. The second-order valence-electron chi connectivity index (χ2n) is 6.05. The first-order valence-electron chi connectivity index (χ1n) is 8.57. The first kappa shape index (κ1) is 22.4. The lowest BCUT2D eigenvalue weighted by Gasteiger charge is -2.09. The number of aryl methyl sites for hydroxylation is 1. The van der Waals surface area contributed by atoms with E-state index in [0.717, 1.165) is 23.5 Å². The van der Waals surface area contributed by atoms with Crippen LogP contribution in [0.15, 0.2) is 48.5 Å². The normalized spacial score (nSPS) is 11.0. The van der Waals surface area contributed by atoms with E-state index in [-0.39, 0.29) is 15.7 Å². The summed E-state index contributed by atoms with van der Waals surface area (Å²) in [6.07, 6.45) is -4.80. The van der Waals surface area contributed by atoms with Crippen molar-refractivity contribution in [3.8, 4) is 5.75 Å². The standard InChI is InChI=1S/C19H14ClF3N4O3S/c1-10-15(16(28)25-12-6-8-14(9-7-12)30-19(21,22)23)31-18(24-10)27-17(29)26-13-4-2-11(20)3-5-13/h2-9H,1H3,(H,25,28)(H2,24,26,27,29). The van der Waals surface area contributed by atoms with Crippen LogP contribution in [0.25, 0.3) is 0 Å². The Kier molecular flexibility index (Phi) is 6.66. The van der Waals surface area contributed by atoms with Gasteiger partial charge in [0, 0.05) is 16.4 Å². The van der Waals surface area contributed by atoms with Gasteiger partial charge in [-0.3, -0.25) is 10.1 Å². The number of ether oxygens (including phenoxy) is 1. The van der Waals surface area contributed by atoms with Gasteiger partial charge in [-0.05, 0) is 55.5 Å². The molecule has 3 N–H and O–H groups in total. The van der Waals surface area contributed by atoms with Crippen molar-refractivity contribution in [3.05, 3.63) is 64.1 Å². The Balaban J connectivity index is 1.61. The summed E-state index contributed by atoms with van der Waals surface area (Å²) in [6, 6.07) is 10.6. The first-order valence-corrected chi connectivity index (χ1v) is 9.77. The molecule has 0 aliphatic rings. The summed E-state index contributed by atoms with van der Waals surface area (Å²) in [6.45, 7) is 1.59. The lowest BCUT2D eigenvalue weighted by atomic mass is 10.3. The fraction of sp³-hybridized carbons (Fsp3) is 0.105. The van der Waals surface area contributed by atoms with Crippen molar-refractivity contribution in [2.75, 3.05) is 16.0 Å². The van der Waals surface area contributed by atoms with Crippen molar-refractivity contribution in [1.29, 1.82) is 0 Å². The number of aromatic nitrogens is 1. The Morgan fingerprint density at radius 1 is 0.968 bits per heavy atom. The van der Waals surface area contributed by atoms with Gasteiger partial charge in [0.1, 0.15) is 10.6 Å². The van der Waals surface area contributed by atoms with Crippen LogP contribution in [-0.4, -0.2) is 23.3 Å². The van der Waals surface area contributed by atoms with Gasteiger partial charge in [-0.15, -0.1) is 13.2 Å². The van der Waals surface area contributed by atoms with E-state index in [2.05, 4.69) is 25.7 Å². The lowest BCUT2D eigenvalue weighted by Crippen LogP contribution is -2.19. The molecule has 0 fully saturated rings. The Hall–Kier alpha value is -3.31. The number of carbonyl (C=O) groups is 2. The predicted octanol–water partition coefficient (Wildman–Crippen LogP) is 5.90. The molecule has 0 saturated carbocycles. The lowest BCUT2D eigenvalue weighted by molar-refractivity contribution is -0.274. The molecule has 7 nitrogen and oxygen atoms in total. The molecular formula is C19H14ClF3N4O3S. The molecule has 0 atom stereocenters. The number of rotatable bonds is 5. The van der Waals surface area contributed by atoms with Crippen LogP contribution in [0, 0.1) is 6.92 Å². The molecule has 162 valence electrons. The minimum Gasteiger partial charge on any atom is -0.406 e. The van der Waals surface area contributed by atoms with E-state index in [4.69, 9.17) is 11.6 Å². The van der Waals surface area contributed by atoms with E-state index in [1.54, 1.807) is 31.2 Å². The summed E-state index contributed by atoms with van der Waals surface area (Å²) >= 11 is 6.74. The number of urea groups is 1. The molecule has 0 aliphatic carbocycles. The van der Waals surface area contributed by atoms with Crippen molar-refractivity contribution in [3.63, 3.8) is 0 Å². The highest BCUT2D eigenvalue weighted by Crippen LogP contribution is 2.26. The molecule has 0 unspecified atom stereocenters. The number of nitrogens with one attached hydrogen (secondary N) is 3. The average Bonchev–Trinajstić information content (AvgIpc) is 3.04. The van der Waals surface area contributed by atoms with Gasteiger partial charge in [-0.1, -0.05) is 22.9 Å². The zero-order valence-electron chi connectivity index (χ0n) is 15.7. The first-order chi connectivity index (χ1) is 14.6. The quantitative estimate of drug-likeness (QED) is 0.433. The molecule has 0 spiro atoms. The van der Waals surface area contributed by atoms with E-state index >= 15 is 0 Å². The molecule has 3 rings (SSSR count). The van der Waals surface area contributed by atoms with Crippen LogP contribution >= 0.6 is 22.9 Å². The summed E-state index contributed by atoms with van der Waals surface area (Å²) in [5.41, 5.74) is 1.16. The molecule has 0 aliphatic heterocycles. The number of hydrogen-bond acceptors (Lipinski definition) is 5. The van der Waals surface area contributed by atoms with Gasteiger partial charge in [-0.2, -0.15) is 0 Å². The number of anilines is 3. The second-order valence-corrected chi connectivity index (χ2v) is 7.48. The zero-order chi connectivity index (χ0) is 22.6. The largest absolute Gasteiger partial charge is 0.573 e. The predicted molar refractivity (Wildman–Crippen MR) is 112 cm³/mol. The number of alkyl halides is 3. The van der Waals surface area contributed by atoms with Crippen LogP contribution in [0.5, 0.6) is 5.75 Å². The molecule has 3 amide bonds. The number of nitrogens with zero attached hydrogens (tertiary/aromatic N) is 1. The summed E-state index contributed by atoms with van der Waals surface area (Å²) in [4.78, 5) is 29.0. The maximum absolute atomic E-state index is 12.5. The third-order valence-corrected chi connectivity index (χ3v) is 4.99. The third-order valence-electron chi connectivity index (χ3n) is 3.67. The minimum absolute atomic E-state index is 0.197. The van der Waals surface area contributed by atoms with Crippen LogP contribution in [0.4, 0.5) is 34.5 Å². The molecule has 0 radical (unpaired) electrons. The average molecular weight is 471 g/mol. The van der Waals surface area contributed by atoms with Crippen LogP contribution in [-0.2, 0) is 0 Å². The van der Waals surface area contributed by atoms with Crippen LogP contribution < -0.4 is 20.7 Å². The fourth-order valence-electron chi connectivity index (χ4n) is 2.38. The highest BCUT2D eigenvalue weighted by molar-refractivity contribution is 7.17. The van der Waals surface area contributed by atoms with E-state index in [1.165, 1.54) is 12.1 Å². The van der Waals surface area contributed by atoms with Gasteiger partial charge in [0.15, 0.2) is 5.13 Å². The van der Waals surface area contributed by atoms with Gasteiger partial charge in [0.05, 0.1) is 5.69 Å². The smallest absolute Gasteiger partial charge is 0.406 e. The zero-order valence-corrected chi connectivity index (χ0v) is 17.3. The molecule has 0 saturated heterocycles. The van der Waals surface area contributed by atoms with Gasteiger partial charge in [-0.25, -0.2) is 9.78 Å². The van der Waals surface area contributed by atoms with Crippen molar-refractivity contribution in [2.45, 2.75) is 13.3 Å². The maximum atomic E-state index is 12.5. The van der Waals surface area contributed by atoms with E-state index in [1.807, 2.05) is 0 Å². The summed E-state index contributed by atoms with van der Waals surface area (Å²) in [5.74, 6) is -0.927. The van der Waals surface area contributed by atoms with Crippen molar-refractivity contribution >= 4 is 51.4 Å².